The lowest BCUT2D eigenvalue weighted by molar-refractivity contribution is -0.137. The van der Waals surface area contributed by atoms with E-state index >= 15 is 0 Å². The molecule has 1 saturated heterocycles. The van der Waals surface area contributed by atoms with Gasteiger partial charge in [-0.2, -0.15) is 0 Å². The Hall–Kier alpha value is -1.88. The minimum absolute atomic E-state index is 0.0208. The van der Waals surface area contributed by atoms with Crippen LogP contribution in [0.4, 0.5) is 0 Å². The molecule has 1 aliphatic heterocycles. The number of carbonyl (C=O) groups excluding carboxylic acids is 2. The Labute approximate surface area is 156 Å². The maximum absolute atomic E-state index is 12.3. The highest BCUT2D eigenvalue weighted by Crippen LogP contribution is 2.38. The molecular weight excluding hydrogens is 328 g/mol. The fourth-order valence-electron chi connectivity index (χ4n) is 4.14. The van der Waals surface area contributed by atoms with Gasteiger partial charge >= 0.3 is 0 Å². The highest BCUT2D eigenvalue weighted by atomic mass is 16.5. The fraction of sp³-hybridized carbons (Fsp3) is 0.619. The van der Waals surface area contributed by atoms with E-state index in [-0.39, 0.29) is 30.1 Å². The van der Waals surface area contributed by atoms with Gasteiger partial charge in [-0.15, -0.1) is 0 Å². The Kier molecular flexibility index (Phi) is 6.67. The van der Waals surface area contributed by atoms with Gasteiger partial charge in [0.25, 0.3) is 0 Å². The Bertz CT molecular complexity index is 591. The van der Waals surface area contributed by atoms with E-state index in [4.69, 9.17) is 4.74 Å². The van der Waals surface area contributed by atoms with E-state index in [2.05, 4.69) is 29.6 Å². The Morgan fingerprint density at radius 1 is 1.00 bits per heavy atom. The predicted octanol–water partition coefficient (Wildman–Crippen LogP) is 2.64. The molecule has 5 heteroatoms. The van der Waals surface area contributed by atoms with E-state index in [9.17, 15) is 9.59 Å². The zero-order valence-corrected chi connectivity index (χ0v) is 15.5. The zero-order chi connectivity index (χ0) is 18.2. The molecule has 26 heavy (non-hydrogen) atoms. The summed E-state index contributed by atoms with van der Waals surface area (Å²) in [4.78, 5) is 26.3. The third-order valence-electron chi connectivity index (χ3n) is 5.75. The zero-order valence-electron chi connectivity index (χ0n) is 15.5. The molecule has 0 radical (unpaired) electrons. The molecule has 5 nitrogen and oxygen atoms in total. The normalized spacial score (nSPS) is 19.8. The molecule has 1 aromatic carbocycles. The molecule has 1 aromatic rings. The summed E-state index contributed by atoms with van der Waals surface area (Å²) in [6.45, 7) is 3.13. The average molecular weight is 358 g/mol. The van der Waals surface area contributed by atoms with Crippen LogP contribution in [0.1, 0.15) is 50.5 Å². The summed E-state index contributed by atoms with van der Waals surface area (Å²) in [5, 5.41) is 3.12. The SMILES string of the molecule is O=C(CCC(=O)N1CCOCC1)NCC1(c2ccccc2)CCCCC1. The van der Waals surface area contributed by atoms with Crippen molar-refractivity contribution in [3.05, 3.63) is 35.9 Å². The van der Waals surface area contributed by atoms with Gasteiger partial charge in [-0.1, -0.05) is 49.6 Å². The molecule has 0 unspecified atom stereocenters. The van der Waals surface area contributed by atoms with Gasteiger partial charge in [-0.05, 0) is 18.4 Å². The molecule has 142 valence electrons. The fourth-order valence-corrected chi connectivity index (χ4v) is 4.14. The molecule has 2 fully saturated rings. The molecular formula is C21H30N2O3. The van der Waals surface area contributed by atoms with Crippen molar-refractivity contribution in [2.75, 3.05) is 32.8 Å². The molecule has 1 saturated carbocycles. The van der Waals surface area contributed by atoms with Gasteiger partial charge in [0.15, 0.2) is 0 Å². The molecule has 1 N–H and O–H groups in total. The van der Waals surface area contributed by atoms with E-state index in [1.165, 1.54) is 24.8 Å². The lowest BCUT2D eigenvalue weighted by Crippen LogP contribution is -2.43. The van der Waals surface area contributed by atoms with Crippen molar-refractivity contribution in [2.45, 2.75) is 50.4 Å². The summed E-state index contributed by atoms with van der Waals surface area (Å²) in [6, 6.07) is 10.6. The number of morpholine rings is 1. The number of rotatable bonds is 6. The first kappa shape index (κ1) is 18.9. The van der Waals surface area contributed by atoms with Crippen LogP contribution >= 0.6 is 0 Å². The topological polar surface area (TPSA) is 58.6 Å². The number of hydrogen-bond acceptors (Lipinski definition) is 3. The number of ether oxygens (including phenoxy) is 1. The van der Waals surface area contributed by atoms with Crippen LogP contribution in [-0.2, 0) is 19.7 Å². The number of carbonyl (C=O) groups is 2. The summed E-state index contributed by atoms with van der Waals surface area (Å²) in [6.07, 6.45) is 6.47. The van der Waals surface area contributed by atoms with Crippen LogP contribution in [0, 0.1) is 0 Å². The highest BCUT2D eigenvalue weighted by molar-refractivity contribution is 5.83. The van der Waals surface area contributed by atoms with Gasteiger partial charge in [-0.25, -0.2) is 0 Å². The van der Waals surface area contributed by atoms with Crippen LogP contribution in [0.2, 0.25) is 0 Å². The van der Waals surface area contributed by atoms with E-state index in [0.29, 0.717) is 32.8 Å². The van der Waals surface area contributed by atoms with Crippen molar-refractivity contribution < 1.29 is 14.3 Å². The molecule has 0 aromatic heterocycles. The van der Waals surface area contributed by atoms with E-state index < -0.39 is 0 Å². The number of hydrogen-bond donors (Lipinski definition) is 1. The molecule has 2 aliphatic rings. The standard InChI is InChI=1S/C21H30N2O3/c24-19(9-10-20(25)23-13-15-26-16-14-23)22-17-21(11-5-2-6-12-21)18-7-3-1-4-8-18/h1,3-4,7-8H,2,5-6,9-17H2,(H,22,24). The maximum Gasteiger partial charge on any atom is 0.223 e. The molecule has 2 amide bonds. The van der Waals surface area contributed by atoms with Crippen molar-refractivity contribution in [2.24, 2.45) is 0 Å². The Morgan fingerprint density at radius 3 is 2.38 bits per heavy atom. The third kappa shape index (κ3) is 4.85. The molecule has 0 atom stereocenters. The number of nitrogens with one attached hydrogen (secondary N) is 1. The van der Waals surface area contributed by atoms with Gasteiger partial charge in [0.05, 0.1) is 13.2 Å². The van der Waals surface area contributed by atoms with Gasteiger partial charge in [-0.3, -0.25) is 9.59 Å². The number of nitrogens with zero attached hydrogens (tertiary/aromatic N) is 1. The summed E-state index contributed by atoms with van der Waals surface area (Å²) in [5.74, 6) is 0.0337. The summed E-state index contributed by atoms with van der Waals surface area (Å²) >= 11 is 0. The lowest BCUT2D eigenvalue weighted by atomic mass is 9.69. The smallest absolute Gasteiger partial charge is 0.223 e. The molecule has 1 heterocycles. The van der Waals surface area contributed by atoms with E-state index in [0.717, 1.165) is 12.8 Å². The summed E-state index contributed by atoms with van der Waals surface area (Å²) in [5.41, 5.74) is 1.37. The van der Waals surface area contributed by atoms with Gasteiger partial charge in [0, 0.05) is 37.9 Å². The second-order valence-electron chi connectivity index (χ2n) is 7.48. The van der Waals surface area contributed by atoms with E-state index in [1.54, 1.807) is 4.90 Å². The Balaban J connectivity index is 1.50. The summed E-state index contributed by atoms with van der Waals surface area (Å²) < 4.78 is 5.26. The maximum atomic E-state index is 12.3. The Morgan fingerprint density at radius 2 is 1.69 bits per heavy atom. The van der Waals surface area contributed by atoms with Crippen molar-refractivity contribution in [1.82, 2.24) is 10.2 Å². The minimum Gasteiger partial charge on any atom is -0.378 e. The quantitative estimate of drug-likeness (QED) is 0.850. The summed E-state index contributed by atoms with van der Waals surface area (Å²) in [7, 11) is 0. The van der Waals surface area contributed by atoms with Gasteiger partial charge in [0.1, 0.15) is 0 Å². The number of benzene rings is 1. The second-order valence-corrected chi connectivity index (χ2v) is 7.48. The van der Waals surface area contributed by atoms with Crippen LogP contribution in [0.25, 0.3) is 0 Å². The third-order valence-corrected chi connectivity index (χ3v) is 5.75. The molecule has 0 spiro atoms. The van der Waals surface area contributed by atoms with Crippen LogP contribution in [0.15, 0.2) is 30.3 Å². The highest BCUT2D eigenvalue weighted by Gasteiger charge is 2.34. The molecule has 0 bridgehead atoms. The molecule has 3 rings (SSSR count). The lowest BCUT2D eigenvalue weighted by Gasteiger charge is -2.38. The van der Waals surface area contributed by atoms with Crippen LogP contribution in [0.3, 0.4) is 0 Å². The van der Waals surface area contributed by atoms with Crippen LogP contribution in [-0.4, -0.2) is 49.6 Å². The largest absolute Gasteiger partial charge is 0.378 e. The van der Waals surface area contributed by atoms with Gasteiger partial charge in [0.2, 0.25) is 11.8 Å². The van der Waals surface area contributed by atoms with Crippen molar-refractivity contribution in [1.29, 1.82) is 0 Å². The van der Waals surface area contributed by atoms with Gasteiger partial charge < -0.3 is 15.0 Å². The van der Waals surface area contributed by atoms with E-state index in [1.807, 2.05) is 6.07 Å². The van der Waals surface area contributed by atoms with Crippen LogP contribution in [0.5, 0.6) is 0 Å². The number of amides is 2. The van der Waals surface area contributed by atoms with Crippen LogP contribution < -0.4 is 5.32 Å². The first-order valence-electron chi connectivity index (χ1n) is 9.87. The first-order valence-corrected chi connectivity index (χ1v) is 9.87. The minimum atomic E-state index is -0.0208. The average Bonchev–Trinajstić information content (AvgIpc) is 2.72. The van der Waals surface area contributed by atoms with Crippen molar-refractivity contribution in [3.8, 4) is 0 Å². The second kappa shape index (κ2) is 9.17. The van der Waals surface area contributed by atoms with Crippen molar-refractivity contribution in [3.63, 3.8) is 0 Å². The van der Waals surface area contributed by atoms with Crippen molar-refractivity contribution >= 4 is 11.8 Å². The first-order chi connectivity index (χ1) is 12.7. The monoisotopic (exact) mass is 358 g/mol. The predicted molar refractivity (Wildman–Crippen MR) is 101 cm³/mol. The molecule has 1 aliphatic carbocycles.